The predicted molar refractivity (Wildman–Crippen MR) is 140 cm³/mol. The molecular formula is C20H21AuI3P-2. The van der Waals surface area contributed by atoms with Crippen LogP contribution < -0.4 is 15.9 Å². The van der Waals surface area contributed by atoms with Crippen LogP contribution in [0.1, 0.15) is 0 Å². The van der Waals surface area contributed by atoms with E-state index in [1.54, 1.807) is 0 Å². The second-order valence-electron chi connectivity index (χ2n) is 4.91. The molecule has 3 aromatic carbocycles. The molecule has 3 aromatic rings. The molecule has 5 heteroatoms. The van der Waals surface area contributed by atoms with Crippen molar-refractivity contribution in [2.75, 3.05) is 0 Å². The van der Waals surface area contributed by atoms with Crippen LogP contribution in [0.25, 0.3) is 0 Å². The third-order valence-electron chi connectivity index (χ3n) is 3.63. The summed E-state index contributed by atoms with van der Waals surface area (Å²) in [6.07, 6.45) is 0. The summed E-state index contributed by atoms with van der Waals surface area (Å²) in [5.74, 6) is 0. The summed E-state index contributed by atoms with van der Waals surface area (Å²) in [6.45, 7) is 0. The summed E-state index contributed by atoms with van der Waals surface area (Å²) < 4.78 is -2.43. The molecule has 0 amide bonds. The first-order valence-electron chi connectivity index (χ1n) is 6.85. The first-order chi connectivity index (χ1) is 11.1. The molecule has 3 rings (SSSR count). The number of hydrogen-bond donors (Lipinski definition) is 0. The minimum atomic E-state index is -2.43. The molecule has 0 bridgehead atoms. The van der Waals surface area contributed by atoms with Crippen LogP contribution in [0.5, 0.6) is 0 Å². The molecule has 0 nitrogen and oxygen atoms in total. The summed E-state index contributed by atoms with van der Waals surface area (Å²) >= 11 is 9.79. The molecule has 0 aromatic heterocycles. The molecule has 0 unspecified atom stereocenters. The molecule has 0 atom stereocenters. The Morgan fingerprint density at radius 2 is 0.680 bits per heavy atom. The Labute approximate surface area is 201 Å². The third-order valence-corrected chi connectivity index (χ3v) is 17.3. The summed E-state index contributed by atoms with van der Waals surface area (Å²) in [7, 11) is 0. The minimum absolute atomic E-state index is 0. The first-order valence-corrected chi connectivity index (χ1v) is 20.8. The molecule has 0 aliphatic rings. The molecule has 0 fully saturated rings. The number of hydrogen-bond acceptors (Lipinski definition) is 0. The van der Waals surface area contributed by atoms with E-state index in [9.17, 15) is 0 Å². The Morgan fingerprint density at radius 1 is 0.480 bits per heavy atom. The molecule has 0 saturated carbocycles. The van der Waals surface area contributed by atoms with E-state index in [1.807, 2.05) is 0 Å². The summed E-state index contributed by atoms with van der Waals surface area (Å²) in [5, 5.41) is 4.21. The Kier molecular flexibility index (Phi) is 12.3. The zero-order valence-corrected chi connectivity index (χ0v) is 23.6. The topological polar surface area (TPSA) is 0 Å². The Morgan fingerprint density at radius 3 is 0.880 bits per heavy atom. The van der Waals surface area contributed by atoms with Gasteiger partial charge >= 0.3 is 189 Å². The van der Waals surface area contributed by atoms with E-state index < -0.39 is 1.89 Å². The Bertz CT molecular complexity index is 631. The second-order valence-corrected chi connectivity index (χ2v) is 25.4. The third kappa shape index (κ3) is 5.52. The number of rotatable bonds is 3. The molecule has 140 valence electrons. The molecule has 0 heterocycles. The normalized spacial score (nSPS) is 11.5. The molecule has 0 aliphatic heterocycles. The van der Waals surface area contributed by atoms with Gasteiger partial charge in [-0.1, -0.05) is 0 Å². The number of benzene rings is 3. The molecule has 0 radical (unpaired) electrons. The standard InChI is InChI=1S/C18H15I2P.2CH3.Au.HI/c19-21(20,16-10-4-1-5-11-16,17-12-6-2-7-13-17)18-14-8-3-9-15-18;;;;/h1-15H;2*1H3;;1H/q;2*-1;+1;/p-1. The van der Waals surface area contributed by atoms with Gasteiger partial charge in [0.2, 0.25) is 0 Å². The zero-order valence-electron chi connectivity index (χ0n) is 14.0. The van der Waals surface area contributed by atoms with Crippen LogP contribution >= 0.6 is 65.0 Å². The van der Waals surface area contributed by atoms with Crippen molar-refractivity contribution in [3.63, 3.8) is 0 Å². The van der Waals surface area contributed by atoms with Crippen molar-refractivity contribution < 1.29 is 17.3 Å². The molecule has 0 aliphatic carbocycles. The van der Waals surface area contributed by atoms with Gasteiger partial charge in [0.15, 0.2) is 0 Å². The van der Waals surface area contributed by atoms with Crippen molar-refractivity contribution in [1.29, 1.82) is 0 Å². The van der Waals surface area contributed by atoms with Gasteiger partial charge in [0.1, 0.15) is 0 Å². The van der Waals surface area contributed by atoms with Gasteiger partial charge in [0, 0.05) is 0 Å². The van der Waals surface area contributed by atoms with E-state index in [4.69, 9.17) is 0 Å². The molecule has 25 heavy (non-hydrogen) atoms. The van der Waals surface area contributed by atoms with Gasteiger partial charge in [0.25, 0.3) is 0 Å². The molecule has 0 N–H and O–H groups in total. The van der Waals surface area contributed by atoms with Crippen molar-refractivity contribution in [2.45, 2.75) is 0 Å². The van der Waals surface area contributed by atoms with Crippen LogP contribution in [0.15, 0.2) is 91.0 Å². The average Bonchev–Trinajstić information content (AvgIpc) is 2.66. The van der Waals surface area contributed by atoms with Gasteiger partial charge in [-0.2, -0.15) is 0 Å². The van der Waals surface area contributed by atoms with Gasteiger partial charge in [-0.25, -0.2) is 0 Å². The van der Waals surface area contributed by atoms with Crippen molar-refractivity contribution >= 4 is 80.9 Å². The fourth-order valence-corrected chi connectivity index (χ4v) is 11.3. The van der Waals surface area contributed by atoms with Crippen molar-refractivity contribution in [3.8, 4) is 0 Å². The van der Waals surface area contributed by atoms with Gasteiger partial charge in [-0.15, -0.1) is 0 Å². The molecule has 0 spiro atoms. The van der Waals surface area contributed by atoms with Crippen molar-refractivity contribution in [2.24, 2.45) is 0 Å². The van der Waals surface area contributed by atoms with Crippen LogP contribution in [0.4, 0.5) is 0 Å². The van der Waals surface area contributed by atoms with Crippen molar-refractivity contribution in [3.05, 3.63) is 106 Å². The van der Waals surface area contributed by atoms with E-state index in [2.05, 4.69) is 171 Å². The molecule has 0 saturated heterocycles. The summed E-state index contributed by atoms with van der Waals surface area (Å²) in [5.41, 5.74) is 0. The van der Waals surface area contributed by atoms with E-state index in [0.29, 0.717) is 0 Å². The van der Waals surface area contributed by atoms with Crippen LogP contribution in [0.3, 0.4) is 0 Å². The monoisotopic (exact) mass is 870 g/mol. The molecular weight excluding hydrogens is 849 g/mol. The SMILES string of the molecule is IP(I)(c1ccccc1)(c1ccccc1)c1ccccc1.[CH3-].[CH3-].[I][Au]. The maximum atomic E-state index is 2.72. The Hall–Kier alpha value is 1.02. The number of halogens is 3. The zero-order chi connectivity index (χ0) is 16.8. The summed E-state index contributed by atoms with van der Waals surface area (Å²) in [4.78, 5) is 0. The fourth-order valence-electron chi connectivity index (χ4n) is 2.52. The Balaban J connectivity index is 0.00000139. The van der Waals surface area contributed by atoms with E-state index in [1.165, 1.54) is 15.9 Å². The maximum absolute atomic E-state index is 2.72. The quantitative estimate of drug-likeness (QED) is 0.115. The van der Waals surface area contributed by atoms with Gasteiger partial charge < -0.3 is 14.9 Å². The van der Waals surface area contributed by atoms with Gasteiger partial charge in [-0.05, 0) is 0 Å². The van der Waals surface area contributed by atoms with Gasteiger partial charge in [-0.3, -0.25) is 0 Å². The van der Waals surface area contributed by atoms with Crippen LogP contribution in [0.2, 0.25) is 0 Å². The first kappa shape index (κ1) is 26.0. The van der Waals surface area contributed by atoms with Crippen LogP contribution in [-0.4, -0.2) is 0 Å². The summed E-state index contributed by atoms with van der Waals surface area (Å²) in [6, 6.07) is 32.7. The van der Waals surface area contributed by atoms with E-state index in [-0.39, 0.29) is 14.9 Å². The average molecular weight is 870 g/mol. The van der Waals surface area contributed by atoms with Crippen LogP contribution in [-0.2, 0) is 17.3 Å². The van der Waals surface area contributed by atoms with Crippen LogP contribution in [0, 0.1) is 14.9 Å². The van der Waals surface area contributed by atoms with E-state index in [0.717, 1.165) is 0 Å². The second kappa shape index (κ2) is 11.8. The predicted octanol–water partition coefficient (Wildman–Crippen LogP) is 7.00. The van der Waals surface area contributed by atoms with Crippen molar-refractivity contribution in [1.82, 2.24) is 0 Å². The van der Waals surface area contributed by atoms with E-state index >= 15 is 0 Å². The fraction of sp³-hybridized carbons (Fsp3) is 0. The van der Waals surface area contributed by atoms with Gasteiger partial charge in [0.05, 0.1) is 0 Å².